The molecule has 0 aromatic carbocycles. The Balaban J connectivity index is 1.98. The van der Waals surface area contributed by atoms with Crippen LogP contribution in [0.4, 0.5) is 11.5 Å². The van der Waals surface area contributed by atoms with Gasteiger partial charge in [-0.25, -0.2) is 4.98 Å². The molecule has 0 spiro atoms. The van der Waals surface area contributed by atoms with Crippen molar-refractivity contribution in [2.75, 3.05) is 23.7 Å². The van der Waals surface area contributed by atoms with Crippen molar-refractivity contribution in [1.29, 1.82) is 0 Å². The van der Waals surface area contributed by atoms with E-state index in [1.54, 1.807) is 0 Å². The first kappa shape index (κ1) is 12.2. The first-order valence-electron chi connectivity index (χ1n) is 6.68. The van der Waals surface area contributed by atoms with Crippen molar-refractivity contribution in [2.24, 2.45) is 5.92 Å². The first-order valence-corrected chi connectivity index (χ1v) is 6.68. The number of nitrogens with two attached hydrogens (primary N) is 1. The highest BCUT2D eigenvalue weighted by atomic mass is 15.2. The summed E-state index contributed by atoms with van der Waals surface area (Å²) in [6.45, 7) is 6.53. The second-order valence-electron chi connectivity index (χ2n) is 5.06. The van der Waals surface area contributed by atoms with E-state index < -0.39 is 0 Å². The molecule has 0 unspecified atom stereocenters. The largest absolute Gasteiger partial charge is 0.397 e. The molecule has 2 heterocycles. The average Bonchev–Trinajstić information content (AvgIpc) is 2.34. The highest BCUT2D eigenvalue weighted by molar-refractivity contribution is 5.50. The Morgan fingerprint density at radius 2 is 2.06 bits per heavy atom. The molecule has 1 aliphatic heterocycles. The summed E-state index contributed by atoms with van der Waals surface area (Å²) in [5, 5.41) is 0. The molecule has 0 amide bonds. The molecule has 1 saturated heterocycles. The van der Waals surface area contributed by atoms with Gasteiger partial charge in [0.25, 0.3) is 0 Å². The van der Waals surface area contributed by atoms with E-state index in [-0.39, 0.29) is 0 Å². The lowest BCUT2D eigenvalue weighted by atomic mass is 9.92. The summed E-state index contributed by atoms with van der Waals surface area (Å²) in [7, 11) is 0. The number of rotatable bonds is 3. The van der Waals surface area contributed by atoms with E-state index in [2.05, 4.69) is 16.8 Å². The lowest BCUT2D eigenvalue weighted by Gasteiger charge is -2.33. The maximum absolute atomic E-state index is 5.80. The van der Waals surface area contributed by atoms with Crippen LogP contribution in [0.1, 0.15) is 38.3 Å². The van der Waals surface area contributed by atoms with Gasteiger partial charge in [0.2, 0.25) is 0 Å². The van der Waals surface area contributed by atoms with Crippen LogP contribution in [-0.4, -0.2) is 18.1 Å². The van der Waals surface area contributed by atoms with Crippen molar-refractivity contribution < 1.29 is 0 Å². The predicted molar refractivity (Wildman–Crippen MR) is 73.2 cm³/mol. The van der Waals surface area contributed by atoms with E-state index in [9.17, 15) is 0 Å². The van der Waals surface area contributed by atoms with Gasteiger partial charge >= 0.3 is 0 Å². The number of pyridine rings is 1. The van der Waals surface area contributed by atoms with Crippen LogP contribution in [0, 0.1) is 12.8 Å². The van der Waals surface area contributed by atoms with Gasteiger partial charge < -0.3 is 10.6 Å². The third-order valence-corrected chi connectivity index (χ3v) is 3.75. The van der Waals surface area contributed by atoms with Gasteiger partial charge in [0.1, 0.15) is 5.82 Å². The molecule has 17 heavy (non-hydrogen) atoms. The Morgan fingerprint density at radius 1 is 1.35 bits per heavy atom. The Hall–Kier alpha value is -1.25. The van der Waals surface area contributed by atoms with E-state index in [1.807, 2.05) is 19.1 Å². The van der Waals surface area contributed by atoms with Crippen LogP contribution in [0.25, 0.3) is 0 Å². The fraction of sp³-hybridized carbons (Fsp3) is 0.643. The molecule has 1 aliphatic rings. The molecule has 0 radical (unpaired) electrons. The fourth-order valence-corrected chi connectivity index (χ4v) is 2.59. The minimum absolute atomic E-state index is 0.787. The summed E-state index contributed by atoms with van der Waals surface area (Å²) in [6, 6.07) is 4.01. The standard InChI is InChI=1S/C14H23N3/c1-3-4-12-7-9-17(10-8-12)14-6-5-13(15)11(2)16-14/h5-6,12H,3-4,7-10,15H2,1-2H3. The van der Waals surface area contributed by atoms with Crippen molar-refractivity contribution in [3.63, 3.8) is 0 Å². The zero-order chi connectivity index (χ0) is 12.3. The van der Waals surface area contributed by atoms with Gasteiger partial charge in [0.05, 0.1) is 11.4 Å². The highest BCUT2D eigenvalue weighted by Crippen LogP contribution is 2.25. The summed E-state index contributed by atoms with van der Waals surface area (Å²) < 4.78 is 0. The van der Waals surface area contributed by atoms with Gasteiger partial charge in [0.15, 0.2) is 0 Å². The maximum atomic E-state index is 5.80. The second kappa shape index (κ2) is 5.39. The number of hydrogen-bond donors (Lipinski definition) is 1. The van der Waals surface area contributed by atoms with E-state index >= 15 is 0 Å². The fourth-order valence-electron chi connectivity index (χ4n) is 2.59. The molecule has 1 aromatic heterocycles. The zero-order valence-electron chi connectivity index (χ0n) is 10.9. The molecule has 94 valence electrons. The third kappa shape index (κ3) is 2.90. The van der Waals surface area contributed by atoms with E-state index in [4.69, 9.17) is 5.73 Å². The van der Waals surface area contributed by atoms with Crippen LogP contribution in [0.5, 0.6) is 0 Å². The Morgan fingerprint density at radius 3 is 2.65 bits per heavy atom. The van der Waals surface area contributed by atoms with Crippen LogP contribution >= 0.6 is 0 Å². The molecular weight excluding hydrogens is 210 g/mol. The summed E-state index contributed by atoms with van der Waals surface area (Å²) in [4.78, 5) is 6.96. The SMILES string of the molecule is CCCC1CCN(c2ccc(N)c(C)n2)CC1. The van der Waals surface area contributed by atoms with Gasteiger partial charge in [0, 0.05) is 13.1 Å². The molecule has 1 aromatic rings. The lowest BCUT2D eigenvalue weighted by molar-refractivity contribution is 0.377. The van der Waals surface area contributed by atoms with Crippen molar-refractivity contribution in [3.05, 3.63) is 17.8 Å². The molecule has 1 fully saturated rings. The summed E-state index contributed by atoms with van der Waals surface area (Å²) in [5.74, 6) is 2.01. The zero-order valence-corrected chi connectivity index (χ0v) is 10.9. The second-order valence-corrected chi connectivity index (χ2v) is 5.06. The molecule has 3 nitrogen and oxygen atoms in total. The van der Waals surface area contributed by atoms with Crippen molar-refractivity contribution in [3.8, 4) is 0 Å². The van der Waals surface area contributed by atoms with Crippen LogP contribution in [0.3, 0.4) is 0 Å². The number of nitrogens with zero attached hydrogens (tertiary/aromatic N) is 2. The number of piperidine rings is 1. The Labute approximate surface area is 104 Å². The first-order chi connectivity index (χ1) is 8.20. The Kier molecular flexibility index (Phi) is 3.87. The topological polar surface area (TPSA) is 42.1 Å². The quantitative estimate of drug-likeness (QED) is 0.872. The van der Waals surface area contributed by atoms with Crippen LogP contribution in [0.2, 0.25) is 0 Å². The van der Waals surface area contributed by atoms with Crippen molar-refractivity contribution in [1.82, 2.24) is 4.98 Å². The molecule has 2 rings (SSSR count). The van der Waals surface area contributed by atoms with E-state index in [0.29, 0.717) is 0 Å². The monoisotopic (exact) mass is 233 g/mol. The lowest BCUT2D eigenvalue weighted by Crippen LogP contribution is -2.34. The maximum Gasteiger partial charge on any atom is 0.128 e. The summed E-state index contributed by atoms with van der Waals surface area (Å²) in [5.41, 5.74) is 7.53. The van der Waals surface area contributed by atoms with Crippen molar-refractivity contribution in [2.45, 2.75) is 39.5 Å². The van der Waals surface area contributed by atoms with Gasteiger partial charge in [-0.15, -0.1) is 0 Å². The normalized spacial score (nSPS) is 17.4. The number of hydrogen-bond acceptors (Lipinski definition) is 3. The van der Waals surface area contributed by atoms with Gasteiger partial charge in [-0.05, 0) is 37.8 Å². The molecule has 2 N–H and O–H groups in total. The molecular formula is C14H23N3. The number of anilines is 2. The average molecular weight is 233 g/mol. The molecule has 0 bridgehead atoms. The van der Waals surface area contributed by atoms with Crippen molar-refractivity contribution >= 4 is 11.5 Å². The van der Waals surface area contributed by atoms with Crippen LogP contribution < -0.4 is 10.6 Å². The number of nitrogen functional groups attached to an aromatic ring is 1. The minimum atomic E-state index is 0.787. The van der Waals surface area contributed by atoms with E-state index in [1.165, 1.54) is 25.7 Å². The third-order valence-electron chi connectivity index (χ3n) is 3.75. The number of aryl methyl sites for hydroxylation is 1. The predicted octanol–water partition coefficient (Wildman–Crippen LogP) is 2.99. The molecule has 0 aliphatic carbocycles. The van der Waals surface area contributed by atoms with Crippen LogP contribution in [-0.2, 0) is 0 Å². The summed E-state index contributed by atoms with van der Waals surface area (Å²) >= 11 is 0. The minimum Gasteiger partial charge on any atom is -0.397 e. The highest BCUT2D eigenvalue weighted by Gasteiger charge is 2.19. The molecule has 0 atom stereocenters. The Bertz CT molecular complexity index is 368. The van der Waals surface area contributed by atoms with Gasteiger partial charge in [-0.1, -0.05) is 19.8 Å². The number of aromatic nitrogens is 1. The molecule has 3 heteroatoms. The smallest absolute Gasteiger partial charge is 0.128 e. The molecule has 0 saturated carbocycles. The van der Waals surface area contributed by atoms with Crippen LogP contribution in [0.15, 0.2) is 12.1 Å². The summed E-state index contributed by atoms with van der Waals surface area (Å²) in [6.07, 6.45) is 5.30. The van der Waals surface area contributed by atoms with Gasteiger partial charge in [-0.3, -0.25) is 0 Å². The van der Waals surface area contributed by atoms with E-state index in [0.717, 1.165) is 36.2 Å². The van der Waals surface area contributed by atoms with Gasteiger partial charge in [-0.2, -0.15) is 0 Å².